The molecule has 0 fully saturated rings. The first-order valence-corrected chi connectivity index (χ1v) is 7.93. The van der Waals surface area contributed by atoms with E-state index in [0.29, 0.717) is 11.3 Å². The van der Waals surface area contributed by atoms with Crippen molar-refractivity contribution in [2.45, 2.75) is 20.5 Å². The van der Waals surface area contributed by atoms with Gasteiger partial charge in [0.1, 0.15) is 12.3 Å². The third-order valence-electron chi connectivity index (χ3n) is 3.78. The third kappa shape index (κ3) is 4.01. The van der Waals surface area contributed by atoms with Gasteiger partial charge >= 0.3 is 5.97 Å². The summed E-state index contributed by atoms with van der Waals surface area (Å²) in [5, 5.41) is 0. The van der Waals surface area contributed by atoms with Crippen molar-refractivity contribution < 1.29 is 9.53 Å². The lowest BCUT2D eigenvalue weighted by atomic mass is 10.1. The molecule has 0 atom stereocenters. The van der Waals surface area contributed by atoms with E-state index in [2.05, 4.69) is 4.98 Å². The molecule has 3 rings (SSSR count). The van der Waals surface area contributed by atoms with Crippen molar-refractivity contribution in [3.05, 3.63) is 87.5 Å². The summed E-state index contributed by atoms with van der Waals surface area (Å²) in [5.41, 5.74) is 3.65. The van der Waals surface area contributed by atoms with Crippen LogP contribution in [0.3, 0.4) is 0 Å². The third-order valence-corrected chi connectivity index (χ3v) is 3.78. The summed E-state index contributed by atoms with van der Waals surface area (Å²) in [7, 11) is 0. The predicted molar refractivity (Wildman–Crippen MR) is 96.2 cm³/mol. The Labute approximate surface area is 145 Å². The minimum absolute atomic E-state index is 0.0449. The molecular formula is C20H18N2O3. The first kappa shape index (κ1) is 16.6. The number of carbonyl (C=O) groups excluding carboxylic acids is 1. The molecule has 1 aromatic carbocycles. The van der Waals surface area contributed by atoms with Crippen molar-refractivity contribution in [2.75, 3.05) is 0 Å². The molecule has 126 valence electrons. The molecular weight excluding hydrogens is 316 g/mol. The predicted octanol–water partition coefficient (Wildman–Crippen LogP) is 3.07. The van der Waals surface area contributed by atoms with Crippen LogP contribution >= 0.6 is 0 Å². The number of esters is 1. The van der Waals surface area contributed by atoms with Gasteiger partial charge in [-0.3, -0.25) is 9.20 Å². The molecule has 0 bridgehead atoms. The van der Waals surface area contributed by atoms with E-state index in [-0.39, 0.29) is 12.2 Å². The molecule has 0 aliphatic rings. The van der Waals surface area contributed by atoms with Crippen LogP contribution in [0.2, 0.25) is 0 Å². The molecule has 3 aromatic rings. The van der Waals surface area contributed by atoms with Gasteiger partial charge in [0, 0.05) is 17.8 Å². The Balaban J connectivity index is 1.69. The van der Waals surface area contributed by atoms with Gasteiger partial charge in [-0.2, -0.15) is 0 Å². The molecule has 0 radical (unpaired) electrons. The van der Waals surface area contributed by atoms with Gasteiger partial charge in [-0.1, -0.05) is 35.9 Å². The second-order valence-electron chi connectivity index (χ2n) is 5.80. The molecule has 0 N–H and O–H groups in total. The highest BCUT2D eigenvalue weighted by molar-refractivity contribution is 5.87. The van der Waals surface area contributed by atoms with Gasteiger partial charge in [-0.25, -0.2) is 9.78 Å². The second kappa shape index (κ2) is 7.13. The van der Waals surface area contributed by atoms with E-state index < -0.39 is 5.97 Å². The number of nitrogens with zero attached hydrogens (tertiary/aromatic N) is 2. The van der Waals surface area contributed by atoms with Crippen molar-refractivity contribution in [2.24, 2.45) is 0 Å². The first-order valence-electron chi connectivity index (χ1n) is 7.93. The summed E-state index contributed by atoms with van der Waals surface area (Å²) >= 11 is 0. The summed E-state index contributed by atoms with van der Waals surface area (Å²) in [6.45, 7) is 3.80. The standard InChI is InChI=1S/C20H18N2O3/c1-14-6-8-16(9-7-14)10-11-20(24)25-13-17-12-19(23)22-15(2)4-3-5-18(22)21-17/h3-12H,13H2,1-2H3/b11-10+. The highest BCUT2D eigenvalue weighted by Crippen LogP contribution is 2.06. The maximum Gasteiger partial charge on any atom is 0.331 e. The minimum atomic E-state index is -0.480. The van der Waals surface area contributed by atoms with Crippen LogP contribution in [0.1, 0.15) is 22.5 Å². The molecule has 5 nitrogen and oxygen atoms in total. The number of carbonyl (C=O) groups is 1. The summed E-state index contributed by atoms with van der Waals surface area (Å²) in [5.74, 6) is -0.480. The normalized spacial score (nSPS) is 11.1. The van der Waals surface area contributed by atoms with Crippen molar-refractivity contribution in [3.8, 4) is 0 Å². The van der Waals surface area contributed by atoms with Crippen LogP contribution < -0.4 is 5.56 Å². The van der Waals surface area contributed by atoms with E-state index in [1.165, 1.54) is 16.5 Å². The number of benzene rings is 1. The van der Waals surface area contributed by atoms with E-state index in [1.54, 1.807) is 12.1 Å². The van der Waals surface area contributed by atoms with E-state index in [9.17, 15) is 9.59 Å². The van der Waals surface area contributed by atoms with E-state index in [0.717, 1.165) is 16.8 Å². The Bertz CT molecular complexity index is 1000. The Morgan fingerprint density at radius 3 is 2.68 bits per heavy atom. The molecule has 5 heteroatoms. The molecule has 0 spiro atoms. The van der Waals surface area contributed by atoms with Crippen LogP contribution in [0.25, 0.3) is 11.7 Å². The lowest BCUT2D eigenvalue weighted by Crippen LogP contribution is -2.18. The number of hydrogen-bond acceptors (Lipinski definition) is 4. The van der Waals surface area contributed by atoms with Crippen molar-refractivity contribution >= 4 is 17.7 Å². The Morgan fingerprint density at radius 2 is 1.92 bits per heavy atom. The molecule has 0 saturated carbocycles. The fourth-order valence-corrected chi connectivity index (χ4v) is 2.47. The van der Waals surface area contributed by atoms with Crippen LogP contribution in [0.4, 0.5) is 0 Å². The Hall–Kier alpha value is -3.21. The van der Waals surface area contributed by atoms with Crippen molar-refractivity contribution in [1.82, 2.24) is 9.38 Å². The van der Waals surface area contributed by atoms with Gasteiger partial charge in [-0.15, -0.1) is 0 Å². The van der Waals surface area contributed by atoms with Gasteiger partial charge in [-0.05, 0) is 37.6 Å². The maximum atomic E-state index is 12.2. The largest absolute Gasteiger partial charge is 0.456 e. The number of aryl methyl sites for hydroxylation is 2. The number of hydrogen-bond donors (Lipinski definition) is 0. The lowest BCUT2D eigenvalue weighted by molar-refractivity contribution is -0.139. The monoisotopic (exact) mass is 334 g/mol. The van der Waals surface area contributed by atoms with Crippen LogP contribution in [0.5, 0.6) is 0 Å². The number of fused-ring (bicyclic) bond motifs is 1. The van der Waals surface area contributed by atoms with Crippen molar-refractivity contribution in [3.63, 3.8) is 0 Å². The zero-order chi connectivity index (χ0) is 17.8. The summed E-state index contributed by atoms with van der Waals surface area (Å²) in [4.78, 5) is 28.4. The molecule has 2 aromatic heterocycles. The lowest BCUT2D eigenvalue weighted by Gasteiger charge is -2.06. The van der Waals surface area contributed by atoms with Gasteiger partial charge in [0.25, 0.3) is 5.56 Å². The van der Waals surface area contributed by atoms with E-state index in [4.69, 9.17) is 4.74 Å². The molecule has 0 aliphatic carbocycles. The van der Waals surface area contributed by atoms with Crippen LogP contribution in [-0.2, 0) is 16.1 Å². The van der Waals surface area contributed by atoms with Gasteiger partial charge < -0.3 is 4.74 Å². The average molecular weight is 334 g/mol. The highest BCUT2D eigenvalue weighted by atomic mass is 16.5. The molecule has 0 amide bonds. The smallest absolute Gasteiger partial charge is 0.331 e. The molecule has 0 saturated heterocycles. The van der Waals surface area contributed by atoms with Crippen LogP contribution in [0, 0.1) is 13.8 Å². The molecule has 2 heterocycles. The number of pyridine rings is 1. The average Bonchev–Trinajstić information content (AvgIpc) is 2.59. The van der Waals surface area contributed by atoms with Gasteiger partial charge in [0.05, 0.1) is 5.69 Å². The summed E-state index contributed by atoms with van der Waals surface area (Å²) < 4.78 is 6.69. The second-order valence-corrected chi connectivity index (χ2v) is 5.80. The fraction of sp³-hybridized carbons (Fsp3) is 0.150. The first-order chi connectivity index (χ1) is 12.0. The summed E-state index contributed by atoms with van der Waals surface area (Å²) in [6.07, 6.45) is 3.05. The Morgan fingerprint density at radius 1 is 1.16 bits per heavy atom. The zero-order valence-electron chi connectivity index (χ0n) is 14.1. The van der Waals surface area contributed by atoms with Crippen molar-refractivity contribution in [1.29, 1.82) is 0 Å². The Kier molecular flexibility index (Phi) is 4.75. The number of rotatable bonds is 4. The van der Waals surface area contributed by atoms with Gasteiger partial charge in [0.2, 0.25) is 0 Å². The molecule has 0 aliphatic heterocycles. The van der Waals surface area contributed by atoms with E-state index >= 15 is 0 Å². The SMILES string of the molecule is Cc1ccc(/C=C/C(=O)OCc2cc(=O)n3c(C)cccc3n2)cc1. The highest BCUT2D eigenvalue weighted by Gasteiger charge is 2.06. The molecule has 25 heavy (non-hydrogen) atoms. The summed E-state index contributed by atoms with van der Waals surface area (Å²) in [6, 6.07) is 14.6. The van der Waals surface area contributed by atoms with Crippen LogP contribution in [-0.4, -0.2) is 15.4 Å². The topological polar surface area (TPSA) is 60.7 Å². The maximum absolute atomic E-state index is 12.2. The van der Waals surface area contributed by atoms with E-state index in [1.807, 2.05) is 50.2 Å². The number of ether oxygens (including phenoxy) is 1. The number of aromatic nitrogens is 2. The quantitative estimate of drug-likeness (QED) is 0.543. The molecule has 0 unspecified atom stereocenters. The van der Waals surface area contributed by atoms with Gasteiger partial charge in [0.15, 0.2) is 0 Å². The van der Waals surface area contributed by atoms with Crippen LogP contribution in [0.15, 0.2) is 59.4 Å². The fourth-order valence-electron chi connectivity index (χ4n) is 2.47. The minimum Gasteiger partial charge on any atom is -0.456 e. The zero-order valence-corrected chi connectivity index (χ0v) is 14.1.